The number of carbonyl (C=O) groups is 1. The summed E-state index contributed by atoms with van der Waals surface area (Å²) < 4.78 is 17.6. The predicted molar refractivity (Wildman–Crippen MR) is 108 cm³/mol. The van der Waals surface area contributed by atoms with Crippen LogP contribution in [-0.4, -0.2) is 35.9 Å². The second-order valence-corrected chi connectivity index (χ2v) is 8.33. The standard InChI is InChI=1S/C21H28BNO4/c1-8-25-19(24)16-12-23-17-10-9-14(11-15(17)18(16)13(2)3)22-26-20(4,5)21(6,7)27-22/h9-13H,8H2,1-7H3. The average Bonchev–Trinajstić information content (AvgIpc) is 2.81. The van der Waals surface area contributed by atoms with E-state index in [1.54, 1.807) is 13.1 Å². The van der Waals surface area contributed by atoms with Gasteiger partial charge in [0.15, 0.2) is 0 Å². The van der Waals surface area contributed by atoms with E-state index in [1.807, 2.05) is 45.9 Å². The maximum atomic E-state index is 12.4. The van der Waals surface area contributed by atoms with Crippen molar-refractivity contribution in [3.8, 4) is 0 Å². The van der Waals surface area contributed by atoms with Crippen molar-refractivity contribution in [2.75, 3.05) is 6.61 Å². The van der Waals surface area contributed by atoms with Crippen molar-refractivity contribution in [3.05, 3.63) is 35.5 Å². The molecule has 0 aliphatic carbocycles. The zero-order valence-corrected chi connectivity index (χ0v) is 17.3. The van der Waals surface area contributed by atoms with E-state index in [9.17, 15) is 4.79 Å². The Balaban J connectivity index is 2.11. The van der Waals surface area contributed by atoms with Gasteiger partial charge in [-0.2, -0.15) is 0 Å². The van der Waals surface area contributed by atoms with E-state index in [1.165, 1.54) is 0 Å². The van der Waals surface area contributed by atoms with Crippen LogP contribution < -0.4 is 5.46 Å². The molecule has 0 amide bonds. The van der Waals surface area contributed by atoms with Gasteiger partial charge in [0.05, 0.1) is 28.9 Å². The zero-order chi connectivity index (χ0) is 20.0. The highest BCUT2D eigenvalue weighted by atomic mass is 16.7. The Morgan fingerprint density at radius 3 is 2.37 bits per heavy atom. The SMILES string of the molecule is CCOC(=O)c1cnc2ccc(B3OC(C)(C)C(C)(C)O3)cc2c1C(C)C. The number of fused-ring (bicyclic) bond motifs is 1. The van der Waals surface area contributed by atoms with Crippen molar-refractivity contribution < 1.29 is 18.8 Å². The van der Waals surface area contributed by atoms with Crippen molar-refractivity contribution in [2.24, 2.45) is 0 Å². The predicted octanol–water partition coefficient (Wildman–Crippen LogP) is 3.83. The third kappa shape index (κ3) is 3.48. The van der Waals surface area contributed by atoms with Gasteiger partial charge in [0.25, 0.3) is 0 Å². The van der Waals surface area contributed by atoms with E-state index in [2.05, 4.69) is 18.8 Å². The number of benzene rings is 1. The van der Waals surface area contributed by atoms with Crippen LogP contribution in [0.25, 0.3) is 10.9 Å². The summed E-state index contributed by atoms with van der Waals surface area (Å²) in [6.07, 6.45) is 1.62. The molecule has 0 atom stereocenters. The Morgan fingerprint density at radius 2 is 1.81 bits per heavy atom. The number of pyridine rings is 1. The third-order valence-electron chi connectivity index (χ3n) is 5.53. The molecule has 0 unspecified atom stereocenters. The molecule has 2 aromatic rings. The molecule has 144 valence electrons. The van der Waals surface area contributed by atoms with Crippen molar-refractivity contribution in [2.45, 2.75) is 65.6 Å². The molecular weight excluding hydrogens is 341 g/mol. The van der Waals surface area contributed by atoms with Crippen LogP contribution in [0.15, 0.2) is 24.4 Å². The molecule has 3 rings (SSSR count). The van der Waals surface area contributed by atoms with Crippen LogP contribution in [0.4, 0.5) is 0 Å². The number of carbonyl (C=O) groups excluding carboxylic acids is 1. The molecule has 1 saturated heterocycles. The first-order chi connectivity index (χ1) is 12.6. The van der Waals surface area contributed by atoms with Gasteiger partial charge in [-0.15, -0.1) is 0 Å². The monoisotopic (exact) mass is 369 g/mol. The molecule has 1 aliphatic rings. The molecule has 0 saturated carbocycles. The topological polar surface area (TPSA) is 57.7 Å². The molecule has 1 fully saturated rings. The largest absolute Gasteiger partial charge is 0.494 e. The van der Waals surface area contributed by atoms with Gasteiger partial charge in [0.1, 0.15) is 0 Å². The van der Waals surface area contributed by atoms with E-state index in [-0.39, 0.29) is 11.9 Å². The van der Waals surface area contributed by atoms with Crippen molar-refractivity contribution in [1.82, 2.24) is 4.98 Å². The van der Waals surface area contributed by atoms with E-state index in [4.69, 9.17) is 14.0 Å². The Bertz CT molecular complexity index is 860. The number of ether oxygens (including phenoxy) is 1. The van der Waals surface area contributed by atoms with Crippen molar-refractivity contribution in [1.29, 1.82) is 0 Å². The van der Waals surface area contributed by atoms with Crippen LogP contribution in [0.2, 0.25) is 0 Å². The normalized spacial score (nSPS) is 18.3. The Morgan fingerprint density at radius 1 is 1.19 bits per heavy atom. The second kappa shape index (κ2) is 6.91. The van der Waals surface area contributed by atoms with E-state index < -0.39 is 18.3 Å². The van der Waals surface area contributed by atoms with Crippen LogP contribution in [-0.2, 0) is 14.0 Å². The number of hydrogen-bond donors (Lipinski definition) is 0. The molecule has 1 aromatic carbocycles. The quantitative estimate of drug-likeness (QED) is 0.606. The summed E-state index contributed by atoms with van der Waals surface area (Å²) in [5.41, 5.74) is 2.41. The maximum Gasteiger partial charge on any atom is 0.494 e. The van der Waals surface area contributed by atoms with Crippen LogP contribution in [0.1, 0.15) is 70.3 Å². The van der Waals surface area contributed by atoms with Gasteiger partial charge in [-0.3, -0.25) is 4.98 Å². The van der Waals surface area contributed by atoms with E-state index in [0.717, 1.165) is 21.9 Å². The minimum absolute atomic E-state index is 0.142. The molecule has 27 heavy (non-hydrogen) atoms. The minimum Gasteiger partial charge on any atom is -0.462 e. The Labute approximate surface area is 161 Å². The molecule has 1 aromatic heterocycles. The molecule has 5 nitrogen and oxygen atoms in total. The van der Waals surface area contributed by atoms with Gasteiger partial charge in [-0.1, -0.05) is 26.0 Å². The lowest BCUT2D eigenvalue weighted by atomic mass is 9.77. The first-order valence-electron chi connectivity index (χ1n) is 9.52. The Hall–Kier alpha value is -1.92. The molecule has 6 heteroatoms. The van der Waals surface area contributed by atoms with Crippen LogP contribution in [0.3, 0.4) is 0 Å². The summed E-state index contributed by atoms with van der Waals surface area (Å²) in [5.74, 6) is -0.194. The molecule has 1 aliphatic heterocycles. The number of esters is 1. The first-order valence-corrected chi connectivity index (χ1v) is 9.52. The number of nitrogens with zero attached hydrogens (tertiary/aromatic N) is 1. The fraction of sp³-hybridized carbons (Fsp3) is 0.524. The summed E-state index contributed by atoms with van der Waals surface area (Å²) in [7, 11) is -0.453. The van der Waals surface area contributed by atoms with Gasteiger partial charge in [-0.05, 0) is 57.6 Å². The maximum absolute atomic E-state index is 12.4. The minimum atomic E-state index is -0.453. The number of rotatable bonds is 4. The van der Waals surface area contributed by atoms with Crippen LogP contribution >= 0.6 is 0 Å². The highest BCUT2D eigenvalue weighted by Gasteiger charge is 2.51. The highest BCUT2D eigenvalue weighted by Crippen LogP contribution is 2.37. The molecule has 0 bridgehead atoms. The lowest BCUT2D eigenvalue weighted by molar-refractivity contribution is 0.00578. The van der Waals surface area contributed by atoms with Gasteiger partial charge in [0.2, 0.25) is 0 Å². The van der Waals surface area contributed by atoms with Gasteiger partial charge in [-0.25, -0.2) is 4.79 Å². The fourth-order valence-corrected chi connectivity index (χ4v) is 3.35. The summed E-state index contributed by atoms with van der Waals surface area (Å²) in [5, 5.41) is 0.933. The first kappa shape index (κ1) is 19.8. The molecule has 0 radical (unpaired) electrons. The van der Waals surface area contributed by atoms with Gasteiger partial charge < -0.3 is 14.0 Å². The molecular formula is C21H28BNO4. The zero-order valence-electron chi connectivity index (χ0n) is 17.3. The Kier molecular flexibility index (Phi) is 5.08. The summed E-state index contributed by atoms with van der Waals surface area (Å²) in [6.45, 7) is 14.4. The van der Waals surface area contributed by atoms with Crippen molar-refractivity contribution >= 4 is 29.5 Å². The molecule has 0 spiro atoms. The number of hydrogen-bond acceptors (Lipinski definition) is 5. The van der Waals surface area contributed by atoms with Crippen LogP contribution in [0.5, 0.6) is 0 Å². The van der Waals surface area contributed by atoms with E-state index in [0.29, 0.717) is 12.2 Å². The van der Waals surface area contributed by atoms with E-state index >= 15 is 0 Å². The second-order valence-electron chi connectivity index (χ2n) is 8.33. The molecule has 0 N–H and O–H groups in total. The lowest BCUT2D eigenvalue weighted by Gasteiger charge is -2.32. The number of aromatic nitrogens is 1. The van der Waals surface area contributed by atoms with Crippen molar-refractivity contribution in [3.63, 3.8) is 0 Å². The highest BCUT2D eigenvalue weighted by molar-refractivity contribution is 6.62. The average molecular weight is 369 g/mol. The fourth-order valence-electron chi connectivity index (χ4n) is 3.35. The molecule has 2 heterocycles. The van der Waals surface area contributed by atoms with Gasteiger partial charge >= 0.3 is 13.1 Å². The summed E-state index contributed by atoms with van der Waals surface area (Å²) in [4.78, 5) is 16.9. The van der Waals surface area contributed by atoms with Gasteiger partial charge in [0, 0.05) is 11.6 Å². The third-order valence-corrected chi connectivity index (χ3v) is 5.53. The lowest BCUT2D eigenvalue weighted by Crippen LogP contribution is -2.41. The smallest absolute Gasteiger partial charge is 0.462 e. The van der Waals surface area contributed by atoms with Crippen LogP contribution in [0, 0.1) is 0 Å². The summed E-state index contributed by atoms with van der Waals surface area (Å²) in [6, 6.07) is 5.96. The summed E-state index contributed by atoms with van der Waals surface area (Å²) >= 11 is 0.